The van der Waals surface area contributed by atoms with Gasteiger partial charge in [-0.15, -0.1) is 0 Å². The lowest BCUT2D eigenvalue weighted by Crippen LogP contribution is -2.33. The Morgan fingerprint density at radius 3 is 2.68 bits per heavy atom. The van der Waals surface area contributed by atoms with Crippen LogP contribution in [0.4, 0.5) is 0 Å². The van der Waals surface area contributed by atoms with E-state index in [1.807, 2.05) is 26.8 Å². The molecule has 1 aromatic rings. The number of H-pyrrole nitrogens is 1. The third kappa shape index (κ3) is 3.73. The number of aromatic amines is 1. The van der Waals surface area contributed by atoms with Gasteiger partial charge in [0.05, 0.1) is 18.3 Å². The highest BCUT2D eigenvalue weighted by molar-refractivity contribution is 5.47. The molecule has 0 bridgehead atoms. The van der Waals surface area contributed by atoms with Crippen molar-refractivity contribution in [3.05, 3.63) is 38.7 Å². The van der Waals surface area contributed by atoms with Gasteiger partial charge in [-0.25, -0.2) is 4.79 Å². The number of ether oxygens (including phenoxy) is 1. The van der Waals surface area contributed by atoms with Crippen molar-refractivity contribution >= 4 is 6.08 Å². The summed E-state index contributed by atoms with van der Waals surface area (Å²) in [6.45, 7) is 5.66. The minimum Gasteiger partial charge on any atom is -0.394 e. The Labute approximate surface area is 127 Å². The molecule has 1 aliphatic rings. The van der Waals surface area contributed by atoms with Gasteiger partial charge in [0.25, 0.3) is 5.56 Å². The van der Waals surface area contributed by atoms with Crippen LogP contribution >= 0.6 is 0 Å². The topological polar surface area (TPSA) is 105 Å². The highest BCUT2D eigenvalue weighted by Gasteiger charge is 2.35. The zero-order valence-electron chi connectivity index (χ0n) is 12.9. The number of nitrogens with one attached hydrogen (secondary N) is 1. The van der Waals surface area contributed by atoms with E-state index in [1.165, 1.54) is 10.8 Å². The monoisotopic (exact) mass is 310 g/mol. The van der Waals surface area contributed by atoms with E-state index in [0.29, 0.717) is 5.56 Å². The van der Waals surface area contributed by atoms with Gasteiger partial charge in [0.1, 0.15) is 12.3 Å². The molecule has 22 heavy (non-hydrogen) atoms. The summed E-state index contributed by atoms with van der Waals surface area (Å²) in [5, 5.41) is 18.9. The quantitative estimate of drug-likeness (QED) is 0.741. The van der Waals surface area contributed by atoms with Gasteiger partial charge >= 0.3 is 5.69 Å². The van der Waals surface area contributed by atoms with Gasteiger partial charge in [-0.05, 0) is 5.41 Å². The molecule has 7 nitrogen and oxygen atoms in total. The van der Waals surface area contributed by atoms with E-state index in [2.05, 4.69) is 4.98 Å². The van der Waals surface area contributed by atoms with Crippen molar-refractivity contribution in [1.82, 2.24) is 9.55 Å². The first-order valence-electron chi connectivity index (χ1n) is 7.20. The van der Waals surface area contributed by atoms with Crippen molar-refractivity contribution in [2.24, 2.45) is 5.41 Å². The summed E-state index contributed by atoms with van der Waals surface area (Å²) in [6.07, 6.45) is 2.84. The maximum absolute atomic E-state index is 11.9. The van der Waals surface area contributed by atoms with Crippen LogP contribution in [0.3, 0.4) is 0 Å². The van der Waals surface area contributed by atoms with Crippen LogP contribution in [-0.4, -0.2) is 38.6 Å². The Kier molecular flexibility index (Phi) is 4.69. The van der Waals surface area contributed by atoms with E-state index < -0.39 is 29.7 Å². The molecule has 0 saturated carbocycles. The molecular weight excluding hydrogens is 288 g/mol. The number of aliphatic hydroxyl groups excluding tert-OH is 2. The minimum absolute atomic E-state index is 0.102. The lowest BCUT2D eigenvalue weighted by atomic mass is 9.96. The molecule has 3 N–H and O–H groups in total. The molecule has 7 heteroatoms. The molecule has 122 valence electrons. The van der Waals surface area contributed by atoms with Crippen LogP contribution in [0, 0.1) is 5.41 Å². The Morgan fingerprint density at radius 2 is 2.14 bits per heavy atom. The highest BCUT2D eigenvalue weighted by atomic mass is 16.5. The van der Waals surface area contributed by atoms with Crippen molar-refractivity contribution in [3.8, 4) is 0 Å². The molecule has 2 rings (SSSR count). The second kappa shape index (κ2) is 6.20. The van der Waals surface area contributed by atoms with Crippen molar-refractivity contribution in [3.63, 3.8) is 0 Å². The Hall–Kier alpha value is -1.70. The lowest BCUT2D eigenvalue weighted by molar-refractivity contribution is -0.0459. The van der Waals surface area contributed by atoms with Gasteiger partial charge in [0.2, 0.25) is 0 Å². The Morgan fingerprint density at radius 1 is 1.45 bits per heavy atom. The predicted molar refractivity (Wildman–Crippen MR) is 81.4 cm³/mol. The highest BCUT2D eigenvalue weighted by Crippen LogP contribution is 2.27. The van der Waals surface area contributed by atoms with Crippen molar-refractivity contribution < 1.29 is 14.9 Å². The summed E-state index contributed by atoms with van der Waals surface area (Å²) in [5.74, 6) is 0. The van der Waals surface area contributed by atoms with E-state index in [9.17, 15) is 14.7 Å². The molecule has 0 unspecified atom stereocenters. The molecule has 1 aromatic heterocycles. The second-order valence-electron chi connectivity index (χ2n) is 6.57. The molecule has 2 heterocycles. The number of rotatable bonds is 3. The zero-order valence-corrected chi connectivity index (χ0v) is 12.9. The first-order valence-corrected chi connectivity index (χ1v) is 7.20. The molecular formula is C15H22N2O5. The fourth-order valence-corrected chi connectivity index (χ4v) is 2.22. The van der Waals surface area contributed by atoms with Crippen LogP contribution in [0.5, 0.6) is 0 Å². The first-order chi connectivity index (χ1) is 10.2. The molecule has 1 saturated heterocycles. The summed E-state index contributed by atoms with van der Waals surface area (Å²) < 4.78 is 6.69. The van der Waals surface area contributed by atoms with Crippen LogP contribution < -0.4 is 11.2 Å². The number of hydrogen-bond donors (Lipinski definition) is 3. The summed E-state index contributed by atoms with van der Waals surface area (Å²) >= 11 is 0. The van der Waals surface area contributed by atoms with Gasteiger partial charge in [0, 0.05) is 12.6 Å². The SMILES string of the molecule is CC(C)(C)C=Cc1cn([C@H]2C[C@@H](O)[C@@H](CO)O2)c(=O)[nH]c1=O. The smallest absolute Gasteiger partial charge is 0.330 e. The van der Waals surface area contributed by atoms with Gasteiger partial charge in [-0.1, -0.05) is 32.9 Å². The van der Waals surface area contributed by atoms with E-state index in [-0.39, 0.29) is 18.4 Å². The number of allylic oxidation sites excluding steroid dienone is 1. The van der Waals surface area contributed by atoms with Crippen molar-refractivity contribution in [2.45, 2.75) is 45.6 Å². The van der Waals surface area contributed by atoms with E-state index >= 15 is 0 Å². The van der Waals surface area contributed by atoms with Gasteiger partial charge in [-0.3, -0.25) is 14.3 Å². The molecule has 3 atom stereocenters. The standard InChI is InChI=1S/C15H22N2O5/c1-15(2,3)5-4-9-7-17(14(21)16-13(9)20)12-6-10(19)11(8-18)22-12/h4-5,7,10-12,18-19H,6,8H2,1-3H3,(H,16,20,21)/t10-,11-,12-/m1/s1. The van der Waals surface area contributed by atoms with Crippen LogP contribution in [0.2, 0.25) is 0 Å². The third-order valence-corrected chi connectivity index (χ3v) is 3.45. The van der Waals surface area contributed by atoms with Gasteiger partial charge in [0.15, 0.2) is 0 Å². The molecule has 0 aromatic carbocycles. The largest absolute Gasteiger partial charge is 0.394 e. The fourth-order valence-electron chi connectivity index (χ4n) is 2.22. The number of aromatic nitrogens is 2. The Bertz CT molecular complexity index is 668. The third-order valence-electron chi connectivity index (χ3n) is 3.45. The van der Waals surface area contributed by atoms with Crippen LogP contribution in [0.1, 0.15) is 39.0 Å². The molecule has 0 radical (unpaired) electrons. The molecule has 0 amide bonds. The number of nitrogens with zero attached hydrogens (tertiary/aromatic N) is 1. The zero-order chi connectivity index (χ0) is 16.5. The minimum atomic E-state index is -0.845. The molecule has 1 fully saturated rings. The van der Waals surface area contributed by atoms with E-state index in [0.717, 1.165) is 0 Å². The average molecular weight is 310 g/mol. The number of aliphatic hydroxyl groups is 2. The summed E-state index contributed by atoms with van der Waals surface area (Å²) in [5.41, 5.74) is -0.845. The van der Waals surface area contributed by atoms with E-state index in [1.54, 1.807) is 6.08 Å². The summed E-state index contributed by atoms with van der Waals surface area (Å²) in [4.78, 5) is 26.0. The average Bonchev–Trinajstić information content (AvgIpc) is 2.77. The van der Waals surface area contributed by atoms with E-state index in [4.69, 9.17) is 9.84 Å². The fraction of sp³-hybridized carbons (Fsp3) is 0.600. The van der Waals surface area contributed by atoms with Gasteiger partial charge < -0.3 is 14.9 Å². The van der Waals surface area contributed by atoms with Crippen LogP contribution in [0.25, 0.3) is 6.08 Å². The normalized spacial score (nSPS) is 26.0. The lowest BCUT2D eigenvalue weighted by Gasteiger charge is -2.15. The van der Waals surface area contributed by atoms with Crippen molar-refractivity contribution in [1.29, 1.82) is 0 Å². The maximum Gasteiger partial charge on any atom is 0.330 e. The predicted octanol–water partition coefficient (Wildman–Crippen LogP) is 0.237. The maximum atomic E-state index is 11.9. The Balaban J connectivity index is 2.36. The molecule has 1 aliphatic heterocycles. The first kappa shape index (κ1) is 16.7. The summed E-state index contributed by atoms with van der Waals surface area (Å²) in [7, 11) is 0. The van der Waals surface area contributed by atoms with Crippen LogP contribution in [0.15, 0.2) is 21.9 Å². The van der Waals surface area contributed by atoms with Crippen LogP contribution in [-0.2, 0) is 4.74 Å². The molecule has 0 aliphatic carbocycles. The van der Waals surface area contributed by atoms with Crippen molar-refractivity contribution in [2.75, 3.05) is 6.61 Å². The molecule has 0 spiro atoms. The number of hydrogen-bond acceptors (Lipinski definition) is 5. The second-order valence-corrected chi connectivity index (χ2v) is 6.57. The van der Waals surface area contributed by atoms with Gasteiger partial charge in [-0.2, -0.15) is 0 Å². The summed E-state index contributed by atoms with van der Waals surface area (Å²) in [6, 6.07) is 0.